The van der Waals surface area contributed by atoms with Crippen LogP contribution in [-0.2, 0) is 14.4 Å². The highest BCUT2D eigenvalue weighted by Crippen LogP contribution is 2.20. The summed E-state index contributed by atoms with van der Waals surface area (Å²) < 4.78 is 0. The molecular weight excluding hydrogens is 254 g/mol. The van der Waals surface area contributed by atoms with Crippen LogP contribution < -0.4 is 10.6 Å². The summed E-state index contributed by atoms with van der Waals surface area (Å²) in [5.41, 5.74) is -1.00. The van der Waals surface area contributed by atoms with Crippen molar-refractivity contribution in [3.63, 3.8) is 0 Å². The van der Waals surface area contributed by atoms with E-state index in [0.717, 1.165) is 4.90 Å². The number of carbonyl (C=O) groups is 4. The molecule has 8 nitrogen and oxygen atoms in total. The average molecular weight is 271 g/mol. The number of imide groups is 1. The lowest BCUT2D eigenvalue weighted by Gasteiger charge is -2.19. The van der Waals surface area contributed by atoms with Crippen molar-refractivity contribution in [1.82, 2.24) is 15.5 Å². The van der Waals surface area contributed by atoms with E-state index in [1.54, 1.807) is 13.8 Å². The van der Waals surface area contributed by atoms with Crippen molar-refractivity contribution in [3.05, 3.63) is 0 Å². The van der Waals surface area contributed by atoms with Crippen molar-refractivity contribution in [2.24, 2.45) is 0 Å². The summed E-state index contributed by atoms with van der Waals surface area (Å²) in [5, 5.41) is 13.3. The first-order chi connectivity index (χ1) is 8.71. The molecule has 2 atom stereocenters. The van der Waals surface area contributed by atoms with Crippen LogP contribution in [0, 0.1) is 0 Å². The number of amides is 4. The molecule has 0 aromatic carbocycles. The minimum absolute atomic E-state index is 0.404. The summed E-state index contributed by atoms with van der Waals surface area (Å²) in [5.74, 6) is -2.37. The molecule has 0 aromatic heterocycles. The van der Waals surface area contributed by atoms with E-state index in [-0.39, 0.29) is 0 Å². The van der Waals surface area contributed by atoms with Gasteiger partial charge >= 0.3 is 12.0 Å². The van der Waals surface area contributed by atoms with E-state index in [4.69, 9.17) is 5.11 Å². The number of nitrogens with zero attached hydrogens (tertiary/aromatic N) is 1. The van der Waals surface area contributed by atoms with Gasteiger partial charge in [-0.2, -0.15) is 0 Å². The first-order valence-electron chi connectivity index (χ1n) is 5.87. The summed E-state index contributed by atoms with van der Waals surface area (Å²) in [4.78, 5) is 46.5. The highest BCUT2D eigenvalue weighted by molar-refractivity contribution is 6.08. The van der Waals surface area contributed by atoms with E-state index >= 15 is 0 Å². The van der Waals surface area contributed by atoms with Crippen LogP contribution in [0.25, 0.3) is 0 Å². The Bertz CT molecular complexity index is 436. The van der Waals surface area contributed by atoms with Gasteiger partial charge in [-0.3, -0.25) is 19.3 Å². The third kappa shape index (κ3) is 3.01. The highest BCUT2D eigenvalue weighted by Gasteiger charge is 2.47. The van der Waals surface area contributed by atoms with Crippen LogP contribution in [0.5, 0.6) is 0 Å². The van der Waals surface area contributed by atoms with Gasteiger partial charge in [0, 0.05) is 0 Å². The first kappa shape index (κ1) is 14.9. The highest BCUT2D eigenvalue weighted by atomic mass is 16.4. The first-order valence-corrected chi connectivity index (χ1v) is 5.87. The van der Waals surface area contributed by atoms with Crippen LogP contribution in [0.3, 0.4) is 0 Å². The average Bonchev–Trinajstić information content (AvgIpc) is 2.53. The predicted molar refractivity (Wildman–Crippen MR) is 64.2 cm³/mol. The molecule has 0 saturated carbocycles. The Kier molecular flexibility index (Phi) is 4.13. The van der Waals surface area contributed by atoms with Crippen molar-refractivity contribution in [2.75, 3.05) is 6.54 Å². The Morgan fingerprint density at radius 3 is 2.47 bits per heavy atom. The molecule has 0 aliphatic carbocycles. The Labute approximate surface area is 110 Å². The Balaban J connectivity index is 2.68. The third-order valence-corrected chi connectivity index (χ3v) is 3.10. The second kappa shape index (κ2) is 5.25. The van der Waals surface area contributed by atoms with Gasteiger partial charge in [0.2, 0.25) is 5.91 Å². The number of carboxylic acids is 1. The van der Waals surface area contributed by atoms with Gasteiger partial charge in [0.1, 0.15) is 18.1 Å². The fourth-order valence-electron chi connectivity index (χ4n) is 1.62. The van der Waals surface area contributed by atoms with Crippen LogP contribution >= 0.6 is 0 Å². The molecule has 1 heterocycles. The standard InChI is InChI=1S/C11H17N3O5/c1-4-11(3)9(18)14(10(19)13-11)5-7(15)12-6(2)8(16)17/h6H,4-5H2,1-3H3,(H,12,15)(H,13,19)(H,16,17)/t6-,11?/m0/s1. The number of nitrogens with one attached hydrogen (secondary N) is 2. The normalized spacial score (nSPS) is 24.1. The molecule has 4 amide bonds. The lowest BCUT2D eigenvalue weighted by molar-refractivity contribution is -0.141. The van der Waals surface area contributed by atoms with Crippen LogP contribution in [0.1, 0.15) is 27.2 Å². The molecule has 0 spiro atoms. The topological polar surface area (TPSA) is 116 Å². The van der Waals surface area contributed by atoms with Gasteiger partial charge in [-0.25, -0.2) is 4.79 Å². The second-order valence-electron chi connectivity index (χ2n) is 4.63. The minimum Gasteiger partial charge on any atom is -0.480 e. The van der Waals surface area contributed by atoms with Gasteiger partial charge < -0.3 is 15.7 Å². The number of urea groups is 1. The van der Waals surface area contributed by atoms with Crippen LogP contribution in [-0.4, -0.2) is 51.9 Å². The molecule has 1 aliphatic heterocycles. The largest absolute Gasteiger partial charge is 0.480 e. The molecule has 1 rings (SSSR count). The zero-order valence-electron chi connectivity index (χ0n) is 11.0. The monoisotopic (exact) mass is 271 g/mol. The van der Waals surface area contributed by atoms with Crippen molar-refractivity contribution in [1.29, 1.82) is 0 Å². The molecule has 3 N–H and O–H groups in total. The number of rotatable bonds is 5. The fourth-order valence-corrected chi connectivity index (χ4v) is 1.62. The van der Waals surface area contributed by atoms with E-state index in [1.807, 2.05) is 0 Å². The Morgan fingerprint density at radius 2 is 2.05 bits per heavy atom. The summed E-state index contributed by atoms with van der Waals surface area (Å²) >= 11 is 0. The van der Waals surface area contributed by atoms with Gasteiger partial charge in [0.25, 0.3) is 5.91 Å². The van der Waals surface area contributed by atoms with Gasteiger partial charge in [0.15, 0.2) is 0 Å². The summed E-state index contributed by atoms with van der Waals surface area (Å²) in [6.07, 6.45) is 0.404. The van der Waals surface area contributed by atoms with E-state index in [9.17, 15) is 19.2 Å². The fraction of sp³-hybridized carbons (Fsp3) is 0.636. The smallest absolute Gasteiger partial charge is 0.325 e. The predicted octanol–water partition coefficient (Wildman–Crippen LogP) is -0.704. The molecule has 106 valence electrons. The van der Waals surface area contributed by atoms with Crippen LogP contribution in [0.15, 0.2) is 0 Å². The molecule has 1 fully saturated rings. The SMILES string of the molecule is CCC1(C)NC(=O)N(CC(=O)N[C@@H](C)C(=O)O)C1=O. The zero-order chi connectivity index (χ0) is 14.8. The zero-order valence-corrected chi connectivity index (χ0v) is 11.0. The number of carbonyl (C=O) groups excluding carboxylic acids is 3. The lowest BCUT2D eigenvalue weighted by Crippen LogP contribution is -2.47. The maximum atomic E-state index is 12.0. The van der Waals surface area contributed by atoms with E-state index in [2.05, 4.69) is 10.6 Å². The van der Waals surface area contributed by atoms with E-state index in [0.29, 0.717) is 6.42 Å². The Morgan fingerprint density at radius 1 is 1.47 bits per heavy atom. The summed E-state index contributed by atoms with van der Waals surface area (Å²) in [6.45, 7) is 4.12. The van der Waals surface area contributed by atoms with Crippen molar-refractivity contribution in [3.8, 4) is 0 Å². The molecule has 1 unspecified atom stereocenters. The lowest BCUT2D eigenvalue weighted by atomic mass is 9.99. The van der Waals surface area contributed by atoms with Crippen LogP contribution in [0.4, 0.5) is 4.79 Å². The van der Waals surface area contributed by atoms with Gasteiger partial charge in [0.05, 0.1) is 0 Å². The second-order valence-corrected chi connectivity index (χ2v) is 4.63. The number of aliphatic carboxylic acids is 1. The number of hydrogen-bond acceptors (Lipinski definition) is 4. The summed E-state index contributed by atoms with van der Waals surface area (Å²) in [6, 6.07) is -1.72. The molecule has 1 saturated heterocycles. The van der Waals surface area contributed by atoms with Crippen molar-refractivity contribution < 1.29 is 24.3 Å². The Hall–Kier alpha value is -2.12. The third-order valence-electron chi connectivity index (χ3n) is 3.10. The van der Waals surface area contributed by atoms with Gasteiger partial charge in [-0.05, 0) is 20.3 Å². The molecular formula is C11H17N3O5. The molecule has 0 bridgehead atoms. The summed E-state index contributed by atoms with van der Waals surface area (Å²) in [7, 11) is 0. The molecule has 8 heteroatoms. The van der Waals surface area contributed by atoms with Crippen molar-refractivity contribution in [2.45, 2.75) is 38.8 Å². The van der Waals surface area contributed by atoms with Crippen LogP contribution in [0.2, 0.25) is 0 Å². The molecule has 0 radical (unpaired) electrons. The molecule has 19 heavy (non-hydrogen) atoms. The van der Waals surface area contributed by atoms with Gasteiger partial charge in [-0.1, -0.05) is 6.92 Å². The van der Waals surface area contributed by atoms with E-state index < -0.39 is 41.9 Å². The minimum atomic E-state index is -1.19. The number of hydrogen-bond donors (Lipinski definition) is 3. The van der Waals surface area contributed by atoms with Gasteiger partial charge in [-0.15, -0.1) is 0 Å². The quantitative estimate of drug-likeness (QED) is 0.572. The van der Waals surface area contributed by atoms with E-state index in [1.165, 1.54) is 6.92 Å². The molecule has 1 aliphatic rings. The molecule has 0 aromatic rings. The maximum absolute atomic E-state index is 12.0. The maximum Gasteiger partial charge on any atom is 0.325 e. The number of carboxylic acid groups (broad SMARTS) is 1. The van der Waals surface area contributed by atoms with Crippen molar-refractivity contribution >= 4 is 23.8 Å².